The zero-order valence-electron chi connectivity index (χ0n) is 16.6. The molecule has 0 bridgehead atoms. The van der Waals surface area contributed by atoms with Crippen LogP contribution < -0.4 is 15.7 Å². The van der Waals surface area contributed by atoms with Crippen LogP contribution in [0.5, 0.6) is 5.75 Å². The molecule has 2 atom stereocenters. The maximum absolute atomic E-state index is 13.0. The molecule has 1 N–H and O–H groups in total. The minimum absolute atomic E-state index is 0.0405. The van der Waals surface area contributed by atoms with Gasteiger partial charge in [0.1, 0.15) is 28.7 Å². The third kappa shape index (κ3) is 5.26. The molecular formula is C20H25N3O4S. The van der Waals surface area contributed by atoms with Crippen molar-refractivity contribution >= 4 is 28.4 Å². The number of carbonyl (C=O) groups excluding carboxylic acids is 1. The number of nitrogens with one attached hydrogen (secondary N) is 1. The molecule has 1 aliphatic rings. The summed E-state index contributed by atoms with van der Waals surface area (Å²) in [6, 6.07) is 2.35. The predicted octanol–water partition coefficient (Wildman–Crippen LogP) is 2.60. The fourth-order valence-electron chi connectivity index (χ4n) is 2.64. The summed E-state index contributed by atoms with van der Waals surface area (Å²) in [4.78, 5) is 33.6. The van der Waals surface area contributed by atoms with Crippen LogP contribution in [0.25, 0.3) is 0 Å². The molecule has 2 heterocycles. The number of amides is 1. The Balaban J connectivity index is 2.25. The lowest BCUT2D eigenvalue weighted by atomic mass is 10.0. The smallest absolute Gasteiger partial charge is 0.339 e. The second kappa shape index (κ2) is 9.60. The van der Waals surface area contributed by atoms with E-state index in [-0.39, 0.29) is 12.5 Å². The average Bonchev–Trinajstić information content (AvgIpc) is 3.08. The summed E-state index contributed by atoms with van der Waals surface area (Å²) in [7, 11) is 1.70. The Morgan fingerprint density at radius 1 is 1.57 bits per heavy atom. The Morgan fingerprint density at radius 2 is 2.32 bits per heavy atom. The lowest BCUT2D eigenvalue weighted by Crippen LogP contribution is -2.45. The monoisotopic (exact) mass is 403 g/mol. The van der Waals surface area contributed by atoms with Crippen molar-refractivity contribution in [1.29, 1.82) is 0 Å². The van der Waals surface area contributed by atoms with Gasteiger partial charge in [0.15, 0.2) is 0 Å². The maximum atomic E-state index is 13.0. The van der Waals surface area contributed by atoms with E-state index < -0.39 is 17.2 Å². The van der Waals surface area contributed by atoms with Crippen molar-refractivity contribution < 1.29 is 13.9 Å². The first-order valence-corrected chi connectivity index (χ1v) is 10.00. The predicted molar refractivity (Wildman–Crippen MR) is 112 cm³/mol. The summed E-state index contributed by atoms with van der Waals surface area (Å²) in [6.45, 7) is 5.68. The van der Waals surface area contributed by atoms with Gasteiger partial charge in [0.05, 0.1) is 17.8 Å². The fourth-order valence-corrected chi connectivity index (χ4v) is 3.82. The van der Waals surface area contributed by atoms with Gasteiger partial charge in [-0.05, 0) is 20.3 Å². The third-order valence-corrected chi connectivity index (χ3v) is 5.65. The zero-order valence-corrected chi connectivity index (χ0v) is 17.4. The van der Waals surface area contributed by atoms with E-state index in [4.69, 9.17) is 15.6 Å². The molecule has 0 saturated heterocycles. The number of thioether (sulfide) groups is 1. The summed E-state index contributed by atoms with van der Waals surface area (Å²) >= 11 is 1.51. The number of carbonyl (C=O) groups is 1. The normalized spacial score (nSPS) is 20.2. The summed E-state index contributed by atoms with van der Waals surface area (Å²) in [6.07, 6.45) is 6.58. The highest BCUT2D eigenvalue weighted by atomic mass is 32.2. The number of ether oxygens (including phenoxy) is 1. The highest BCUT2D eigenvalue weighted by Crippen LogP contribution is 2.30. The summed E-state index contributed by atoms with van der Waals surface area (Å²) in [5.74, 6) is 3.30. The molecule has 2 rings (SSSR count). The van der Waals surface area contributed by atoms with Gasteiger partial charge in [-0.25, -0.2) is 4.79 Å². The molecule has 1 aromatic rings. The zero-order chi connectivity index (χ0) is 20.7. The lowest BCUT2D eigenvalue weighted by molar-refractivity contribution is -0.125. The van der Waals surface area contributed by atoms with Crippen LogP contribution in [0.2, 0.25) is 0 Å². The van der Waals surface area contributed by atoms with Gasteiger partial charge in [-0.3, -0.25) is 14.8 Å². The minimum atomic E-state index is -0.907. The van der Waals surface area contributed by atoms with Gasteiger partial charge in [0.2, 0.25) is 5.91 Å². The van der Waals surface area contributed by atoms with Crippen molar-refractivity contribution in [3.8, 4) is 18.1 Å². The van der Waals surface area contributed by atoms with Gasteiger partial charge in [0, 0.05) is 18.9 Å². The minimum Gasteiger partial charge on any atom is -0.481 e. The molecule has 7 nitrogen and oxygen atoms in total. The molecule has 0 saturated carbocycles. The van der Waals surface area contributed by atoms with Gasteiger partial charge in [-0.2, -0.15) is 0 Å². The number of nitrogens with zero attached hydrogens (tertiary/aromatic N) is 2. The summed E-state index contributed by atoms with van der Waals surface area (Å²) < 4.78 is 10.7. The van der Waals surface area contributed by atoms with Crippen LogP contribution in [-0.2, 0) is 4.79 Å². The summed E-state index contributed by atoms with van der Waals surface area (Å²) in [5, 5.41) is 3.74. The van der Waals surface area contributed by atoms with E-state index >= 15 is 0 Å². The number of aliphatic imine (C=N–C) groups is 2. The van der Waals surface area contributed by atoms with Gasteiger partial charge in [0.25, 0.3) is 0 Å². The first-order valence-electron chi connectivity index (χ1n) is 9.01. The molecule has 28 heavy (non-hydrogen) atoms. The largest absolute Gasteiger partial charge is 0.481 e. The van der Waals surface area contributed by atoms with Gasteiger partial charge < -0.3 is 14.5 Å². The molecule has 0 fully saturated rings. The quantitative estimate of drug-likeness (QED) is 0.532. The molecular weight excluding hydrogens is 378 g/mol. The third-order valence-electron chi connectivity index (χ3n) is 4.28. The van der Waals surface area contributed by atoms with Crippen LogP contribution >= 0.6 is 11.8 Å². The van der Waals surface area contributed by atoms with E-state index in [9.17, 15) is 9.59 Å². The highest BCUT2D eigenvalue weighted by molar-refractivity contribution is 8.16. The fraction of sp³-hybridized carbons (Fsp3) is 0.500. The van der Waals surface area contributed by atoms with E-state index in [0.29, 0.717) is 23.7 Å². The Kier molecular flexibility index (Phi) is 7.46. The molecule has 1 unspecified atom stereocenters. The topological polar surface area (TPSA) is 93.3 Å². The first-order chi connectivity index (χ1) is 13.3. The van der Waals surface area contributed by atoms with E-state index in [1.165, 1.54) is 17.8 Å². The Hall–Kier alpha value is -2.53. The SMILES string of the molecule is C#CCOc1cc([C@@H](CCC)NC(=O)C2(C)CSC(C(C)=NC)=N2)oc(=O)c1. The standard InChI is InChI=1S/C20H25N3O4S/c1-6-8-15(16-10-14(26-9-7-2)11-17(24)27-16)22-19(25)20(4)12-28-18(23-20)13(3)21-5/h2,10-11,15H,6,8-9,12H2,1,3-5H3,(H,22,25)/t15-,20?/m1/s1. The average molecular weight is 404 g/mol. The molecule has 0 radical (unpaired) electrons. The van der Waals surface area contributed by atoms with Crippen molar-refractivity contribution in [2.75, 3.05) is 19.4 Å². The van der Waals surface area contributed by atoms with Crippen LogP contribution in [0.15, 0.2) is 31.3 Å². The summed E-state index contributed by atoms with van der Waals surface area (Å²) in [5.41, 5.74) is -0.663. The van der Waals surface area contributed by atoms with E-state index in [0.717, 1.165) is 17.2 Å². The van der Waals surface area contributed by atoms with E-state index in [1.54, 1.807) is 20.0 Å². The Labute approximate surface area is 169 Å². The lowest BCUT2D eigenvalue weighted by Gasteiger charge is -2.24. The second-order valence-corrected chi connectivity index (χ2v) is 7.57. The number of hydrogen-bond acceptors (Lipinski definition) is 7. The van der Waals surface area contributed by atoms with Gasteiger partial charge in [-0.1, -0.05) is 19.3 Å². The highest BCUT2D eigenvalue weighted by Gasteiger charge is 2.39. The van der Waals surface area contributed by atoms with Crippen LogP contribution in [0.3, 0.4) is 0 Å². The Bertz CT molecular complexity index is 884. The van der Waals surface area contributed by atoms with Crippen molar-refractivity contribution in [1.82, 2.24) is 5.32 Å². The second-order valence-electron chi connectivity index (χ2n) is 6.61. The van der Waals surface area contributed by atoms with Crippen molar-refractivity contribution in [2.24, 2.45) is 9.98 Å². The number of hydrogen-bond donors (Lipinski definition) is 1. The maximum Gasteiger partial charge on any atom is 0.339 e. The van der Waals surface area contributed by atoms with Gasteiger partial charge in [-0.15, -0.1) is 18.2 Å². The van der Waals surface area contributed by atoms with Crippen LogP contribution in [0.1, 0.15) is 45.4 Å². The molecule has 0 aliphatic carbocycles. The van der Waals surface area contributed by atoms with Crippen molar-refractivity contribution in [3.63, 3.8) is 0 Å². The van der Waals surface area contributed by atoms with E-state index in [2.05, 4.69) is 21.2 Å². The molecule has 150 valence electrons. The van der Waals surface area contributed by atoms with Crippen molar-refractivity contribution in [2.45, 2.75) is 45.2 Å². The van der Waals surface area contributed by atoms with Crippen LogP contribution in [0, 0.1) is 12.3 Å². The molecule has 1 aliphatic heterocycles. The Morgan fingerprint density at radius 3 is 2.96 bits per heavy atom. The van der Waals surface area contributed by atoms with Crippen LogP contribution in [-0.4, -0.2) is 41.6 Å². The van der Waals surface area contributed by atoms with Gasteiger partial charge >= 0.3 is 5.63 Å². The van der Waals surface area contributed by atoms with Crippen molar-refractivity contribution in [3.05, 3.63) is 28.3 Å². The molecule has 8 heteroatoms. The number of rotatable bonds is 8. The molecule has 1 aromatic heterocycles. The molecule has 1 amide bonds. The molecule has 0 aromatic carbocycles. The first kappa shape index (κ1) is 21.8. The molecule has 0 spiro atoms. The van der Waals surface area contributed by atoms with Crippen LogP contribution in [0.4, 0.5) is 0 Å². The van der Waals surface area contributed by atoms with E-state index in [1.807, 2.05) is 13.8 Å². The number of terminal acetylenes is 1.